The van der Waals surface area contributed by atoms with Gasteiger partial charge in [-0.15, -0.1) is 0 Å². The van der Waals surface area contributed by atoms with Gasteiger partial charge in [-0.25, -0.2) is 0 Å². The smallest absolute Gasteiger partial charge is 0.306 e. The summed E-state index contributed by atoms with van der Waals surface area (Å²) in [6.45, 7) is 1.78. The predicted molar refractivity (Wildman–Crippen MR) is 92.2 cm³/mol. The first-order valence-corrected chi connectivity index (χ1v) is 8.96. The molecule has 0 aliphatic heterocycles. The van der Waals surface area contributed by atoms with Crippen LogP contribution in [0.4, 0.5) is 0 Å². The summed E-state index contributed by atoms with van der Waals surface area (Å²) in [4.78, 5) is 15.2. The number of aliphatic carboxylic acids is 1. The molecule has 0 saturated heterocycles. The number of carbonyl (C=O) groups is 1. The zero-order chi connectivity index (χ0) is 16.7. The van der Waals surface area contributed by atoms with E-state index in [1.165, 1.54) is 37.7 Å². The maximum atomic E-state index is 11.1. The Hall–Kier alpha value is -1.42. The summed E-state index contributed by atoms with van der Waals surface area (Å²) in [5, 5.41) is 9.12. The average Bonchev–Trinajstić information content (AvgIpc) is 2.56. The number of aromatic nitrogens is 1. The zero-order valence-corrected chi connectivity index (χ0v) is 14.2. The van der Waals surface area contributed by atoms with Crippen molar-refractivity contribution in [3.63, 3.8) is 0 Å². The van der Waals surface area contributed by atoms with Crippen LogP contribution < -0.4 is 5.73 Å². The Morgan fingerprint density at radius 1 is 1.26 bits per heavy atom. The summed E-state index contributed by atoms with van der Waals surface area (Å²) >= 11 is 0. The van der Waals surface area contributed by atoms with E-state index in [-0.39, 0.29) is 17.9 Å². The molecule has 1 fully saturated rings. The number of hydrogen-bond donors (Lipinski definition) is 2. The minimum Gasteiger partial charge on any atom is -0.481 e. The van der Waals surface area contributed by atoms with E-state index in [1.54, 1.807) is 19.3 Å². The fourth-order valence-electron chi connectivity index (χ4n) is 3.76. The van der Waals surface area contributed by atoms with Gasteiger partial charge in [0.05, 0.1) is 5.92 Å². The minimum atomic E-state index is -0.723. The fraction of sp³-hybridized carbons (Fsp3) is 0.684. The van der Waals surface area contributed by atoms with Gasteiger partial charge in [-0.2, -0.15) is 0 Å². The Morgan fingerprint density at radius 2 is 1.91 bits per heavy atom. The third-order valence-corrected chi connectivity index (χ3v) is 5.31. The number of nitrogens with two attached hydrogens (primary N) is 1. The summed E-state index contributed by atoms with van der Waals surface area (Å²) in [6, 6.07) is 4.15. The van der Waals surface area contributed by atoms with Crippen molar-refractivity contribution in [1.29, 1.82) is 0 Å². The number of carboxylic acid groups (broad SMARTS) is 1. The van der Waals surface area contributed by atoms with Gasteiger partial charge in [-0.1, -0.05) is 39.0 Å². The molecule has 1 aliphatic rings. The van der Waals surface area contributed by atoms with Crippen molar-refractivity contribution in [3.8, 4) is 0 Å². The molecule has 4 nitrogen and oxygen atoms in total. The topological polar surface area (TPSA) is 76.2 Å². The van der Waals surface area contributed by atoms with E-state index in [0.717, 1.165) is 18.8 Å². The Morgan fingerprint density at radius 3 is 2.52 bits per heavy atom. The first kappa shape index (κ1) is 17.9. The van der Waals surface area contributed by atoms with Crippen molar-refractivity contribution in [1.82, 2.24) is 4.98 Å². The summed E-state index contributed by atoms with van der Waals surface area (Å²) in [5.74, 6) is -0.0812. The molecule has 1 aromatic rings. The normalized spacial score (nSPS) is 19.9. The third-order valence-electron chi connectivity index (χ3n) is 5.31. The van der Waals surface area contributed by atoms with Gasteiger partial charge in [0.2, 0.25) is 0 Å². The fourth-order valence-corrected chi connectivity index (χ4v) is 3.76. The SMILES string of the molecule is CC(CCC(c1ccncc1)C(N)CC1CCCCC1)C(=O)O. The van der Waals surface area contributed by atoms with Crippen molar-refractivity contribution in [3.05, 3.63) is 30.1 Å². The molecule has 4 heteroatoms. The Labute approximate surface area is 139 Å². The minimum absolute atomic E-state index is 0.0986. The van der Waals surface area contributed by atoms with E-state index in [0.29, 0.717) is 6.42 Å². The van der Waals surface area contributed by atoms with Crippen LogP contribution in [0.1, 0.15) is 69.8 Å². The molecule has 1 aliphatic carbocycles. The highest BCUT2D eigenvalue weighted by molar-refractivity contribution is 5.69. The van der Waals surface area contributed by atoms with Gasteiger partial charge in [0, 0.05) is 18.4 Å². The van der Waals surface area contributed by atoms with Crippen molar-refractivity contribution in [2.75, 3.05) is 0 Å². The second kappa shape index (κ2) is 9.02. The van der Waals surface area contributed by atoms with Crippen LogP contribution in [0.15, 0.2) is 24.5 Å². The van der Waals surface area contributed by atoms with Gasteiger partial charge in [0.25, 0.3) is 0 Å². The van der Waals surface area contributed by atoms with E-state index in [1.807, 2.05) is 12.1 Å². The molecular formula is C19H30N2O2. The summed E-state index contributed by atoms with van der Waals surface area (Å²) in [7, 11) is 0. The zero-order valence-electron chi connectivity index (χ0n) is 14.2. The highest BCUT2D eigenvalue weighted by atomic mass is 16.4. The number of pyridine rings is 1. The van der Waals surface area contributed by atoms with Crippen molar-refractivity contribution < 1.29 is 9.90 Å². The molecule has 2 rings (SSSR count). The first-order valence-electron chi connectivity index (χ1n) is 8.96. The molecule has 1 aromatic heterocycles. The van der Waals surface area contributed by atoms with Crippen molar-refractivity contribution in [2.45, 2.75) is 70.3 Å². The molecule has 0 amide bonds. The molecule has 0 radical (unpaired) electrons. The van der Waals surface area contributed by atoms with Gasteiger partial charge in [-0.05, 0) is 48.8 Å². The monoisotopic (exact) mass is 318 g/mol. The predicted octanol–water partition coefficient (Wildman–Crippen LogP) is 3.96. The van der Waals surface area contributed by atoms with Crippen molar-refractivity contribution >= 4 is 5.97 Å². The molecule has 0 aromatic carbocycles. The van der Waals surface area contributed by atoms with Crippen LogP contribution in [0.2, 0.25) is 0 Å². The summed E-state index contributed by atoms with van der Waals surface area (Å²) in [6.07, 6.45) is 12.7. The van der Waals surface area contributed by atoms with Gasteiger partial charge in [0.1, 0.15) is 0 Å². The van der Waals surface area contributed by atoms with Crippen LogP contribution in [-0.2, 0) is 4.79 Å². The maximum absolute atomic E-state index is 11.1. The van der Waals surface area contributed by atoms with Crippen LogP contribution in [0.3, 0.4) is 0 Å². The highest BCUT2D eigenvalue weighted by Gasteiger charge is 2.25. The quantitative estimate of drug-likeness (QED) is 0.760. The molecule has 0 spiro atoms. The standard InChI is InChI=1S/C19H30N2O2/c1-14(19(22)23)7-8-17(16-9-11-21-12-10-16)18(20)13-15-5-3-2-4-6-15/h9-12,14-15,17-18H,2-8,13,20H2,1H3,(H,22,23). The van der Waals surface area contributed by atoms with Gasteiger partial charge in [0.15, 0.2) is 0 Å². The number of hydrogen-bond acceptors (Lipinski definition) is 3. The lowest BCUT2D eigenvalue weighted by molar-refractivity contribution is -0.141. The lowest BCUT2D eigenvalue weighted by atomic mass is 9.78. The molecule has 3 unspecified atom stereocenters. The molecule has 3 atom stereocenters. The van der Waals surface area contributed by atoms with Crippen LogP contribution >= 0.6 is 0 Å². The van der Waals surface area contributed by atoms with Crippen LogP contribution in [-0.4, -0.2) is 22.1 Å². The number of rotatable bonds is 8. The molecule has 0 bridgehead atoms. The molecule has 1 saturated carbocycles. The first-order chi connectivity index (χ1) is 11.1. The third kappa shape index (κ3) is 5.61. The molecule has 23 heavy (non-hydrogen) atoms. The Kier molecular flexibility index (Phi) is 7.03. The van der Waals surface area contributed by atoms with E-state index in [4.69, 9.17) is 10.8 Å². The van der Waals surface area contributed by atoms with Crippen LogP contribution in [0.25, 0.3) is 0 Å². The average molecular weight is 318 g/mol. The lowest BCUT2D eigenvalue weighted by Crippen LogP contribution is -2.32. The number of nitrogens with zero attached hydrogens (tertiary/aromatic N) is 1. The van der Waals surface area contributed by atoms with Gasteiger partial charge < -0.3 is 10.8 Å². The molecule has 128 valence electrons. The molecular weight excluding hydrogens is 288 g/mol. The Bertz CT molecular complexity index is 472. The number of carboxylic acids is 1. The maximum Gasteiger partial charge on any atom is 0.306 e. The second-order valence-corrected chi connectivity index (χ2v) is 7.11. The van der Waals surface area contributed by atoms with Gasteiger partial charge in [-0.3, -0.25) is 9.78 Å². The molecule has 3 N–H and O–H groups in total. The highest BCUT2D eigenvalue weighted by Crippen LogP contribution is 2.33. The summed E-state index contributed by atoms with van der Waals surface area (Å²) < 4.78 is 0. The van der Waals surface area contributed by atoms with Crippen LogP contribution in [0.5, 0.6) is 0 Å². The lowest BCUT2D eigenvalue weighted by Gasteiger charge is -2.30. The van der Waals surface area contributed by atoms with Crippen LogP contribution in [0, 0.1) is 11.8 Å². The van der Waals surface area contributed by atoms with E-state index in [2.05, 4.69) is 4.98 Å². The second-order valence-electron chi connectivity index (χ2n) is 7.11. The van der Waals surface area contributed by atoms with Crippen molar-refractivity contribution in [2.24, 2.45) is 17.6 Å². The largest absolute Gasteiger partial charge is 0.481 e. The van der Waals surface area contributed by atoms with Gasteiger partial charge >= 0.3 is 5.97 Å². The molecule has 1 heterocycles. The van der Waals surface area contributed by atoms with E-state index in [9.17, 15) is 4.79 Å². The Balaban J connectivity index is 2.01. The van der Waals surface area contributed by atoms with E-state index < -0.39 is 5.97 Å². The van der Waals surface area contributed by atoms with E-state index >= 15 is 0 Å². The summed E-state index contributed by atoms with van der Waals surface area (Å²) in [5.41, 5.74) is 7.77.